The normalized spacial score (nSPS) is 13.9. The Balaban J connectivity index is 1.03. The number of carbonyl (C=O) groups excluding carboxylic acids is 3. The summed E-state index contributed by atoms with van der Waals surface area (Å²) in [6.07, 6.45) is 3.33. The number of piperidine rings is 1. The standard InChI is InChI=1S/C40H44N2O5/c1-29-8-15-34(16-9-29)35-17-10-30(11-18-35)14-21-39(44)42-24-22-32(23-25-42)27-38(43)41-37(40(45)46-2)26-31-12-19-36(20-13-31)47-28-33-6-4-3-5-7-33/h3-13,15-20,32,37H,14,21-28H2,1-2H3,(H,41,43)/t37-/m0/s1. The number of methoxy groups -OCH3 is 1. The van der Waals surface area contributed by atoms with E-state index in [0.717, 1.165) is 35.3 Å². The number of nitrogens with one attached hydrogen (secondary N) is 1. The van der Waals surface area contributed by atoms with Gasteiger partial charge in [0.25, 0.3) is 0 Å². The molecule has 1 heterocycles. The number of hydrogen-bond donors (Lipinski definition) is 1. The van der Waals surface area contributed by atoms with Gasteiger partial charge in [-0.25, -0.2) is 4.79 Å². The smallest absolute Gasteiger partial charge is 0.328 e. The van der Waals surface area contributed by atoms with Crippen LogP contribution in [0, 0.1) is 12.8 Å². The van der Waals surface area contributed by atoms with E-state index < -0.39 is 12.0 Å². The van der Waals surface area contributed by atoms with Gasteiger partial charge in [-0.2, -0.15) is 0 Å². The Kier molecular flexibility index (Phi) is 11.8. The van der Waals surface area contributed by atoms with E-state index in [0.29, 0.717) is 45.4 Å². The van der Waals surface area contributed by atoms with E-state index in [1.165, 1.54) is 23.8 Å². The molecule has 1 aliphatic heterocycles. The van der Waals surface area contributed by atoms with Crippen molar-refractivity contribution >= 4 is 17.8 Å². The molecule has 1 atom stereocenters. The van der Waals surface area contributed by atoms with Gasteiger partial charge >= 0.3 is 5.97 Å². The molecule has 0 aliphatic carbocycles. The minimum absolute atomic E-state index is 0.151. The van der Waals surface area contributed by atoms with E-state index in [4.69, 9.17) is 9.47 Å². The fourth-order valence-electron chi connectivity index (χ4n) is 5.96. The number of amides is 2. The Morgan fingerprint density at radius 2 is 1.40 bits per heavy atom. The van der Waals surface area contributed by atoms with E-state index in [9.17, 15) is 14.4 Å². The monoisotopic (exact) mass is 632 g/mol. The van der Waals surface area contributed by atoms with Gasteiger partial charge in [0, 0.05) is 32.4 Å². The molecule has 1 N–H and O–H groups in total. The van der Waals surface area contributed by atoms with Crippen LogP contribution in [0.3, 0.4) is 0 Å². The SMILES string of the molecule is COC(=O)[C@H](Cc1ccc(OCc2ccccc2)cc1)NC(=O)CC1CCN(C(=O)CCc2ccc(-c3ccc(C)cc3)cc2)CC1. The number of ether oxygens (including phenoxy) is 2. The zero-order valence-electron chi connectivity index (χ0n) is 27.3. The topological polar surface area (TPSA) is 84.9 Å². The maximum Gasteiger partial charge on any atom is 0.328 e. The van der Waals surface area contributed by atoms with Crippen molar-refractivity contribution in [1.29, 1.82) is 0 Å². The van der Waals surface area contributed by atoms with E-state index in [1.807, 2.05) is 59.5 Å². The molecule has 7 heteroatoms. The first-order valence-electron chi connectivity index (χ1n) is 16.4. The Bertz CT molecular complexity index is 1590. The van der Waals surface area contributed by atoms with Crippen molar-refractivity contribution in [3.63, 3.8) is 0 Å². The maximum atomic E-state index is 13.0. The van der Waals surface area contributed by atoms with Crippen LogP contribution in [0.5, 0.6) is 5.75 Å². The molecule has 2 amide bonds. The van der Waals surface area contributed by atoms with E-state index in [-0.39, 0.29) is 17.7 Å². The Morgan fingerprint density at radius 3 is 2.04 bits per heavy atom. The average molecular weight is 633 g/mol. The second-order valence-electron chi connectivity index (χ2n) is 12.4. The maximum absolute atomic E-state index is 13.0. The lowest BCUT2D eigenvalue weighted by Gasteiger charge is -2.32. The summed E-state index contributed by atoms with van der Waals surface area (Å²) in [6, 6.07) is 33.6. The molecule has 1 fully saturated rings. The van der Waals surface area contributed by atoms with Crippen molar-refractivity contribution in [1.82, 2.24) is 10.2 Å². The highest BCUT2D eigenvalue weighted by Crippen LogP contribution is 2.23. The first-order chi connectivity index (χ1) is 22.9. The van der Waals surface area contributed by atoms with E-state index in [2.05, 4.69) is 60.8 Å². The number of likely N-dealkylation sites (tertiary alicyclic amines) is 1. The van der Waals surface area contributed by atoms with Crippen LogP contribution in [-0.4, -0.2) is 48.9 Å². The van der Waals surface area contributed by atoms with Crippen LogP contribution in [0.25, 0.3) is 11.1 Å². The van der Waals surface area contributed by atoms with Crippen LogP contribution >= 0.6 is 0 Å². The van der Waals surface area contributed by atoms with Crippen molar-refractivity contribution in [2.45, 2.75) is 58.1 Å². The average Bonchev–Trinajstić information content (AvgIpc) is 3.11. The summed E-state index contributed by atoms with van der Waals surface area (Å²) in [5, 5.41) is 2.89. The third kappa shape index (κ3) is 10.0. The lowest BCUT2D eigenvalue weighted by molar-refractivity contribution is -0.145. The quantitative estimate of drug-likeness (QED) is 0.166. The molecule has 47 heavy (non-hydrogen) atoms. The summed E-state index contributed by atoms with van der Waals surface area (Å²) in [5.41, 5.74) is 6.71. The molecule has 0 radical (unpaired) electrons. The van der Waals surface area contributed by atoms with Crippen molar-refractivity contribution in [3.8, 4) is 16.9 Å². The van der Waals surface area contributed by atoms with E-state index in [1.54, 1.807) is 0 Å². The molecule has 1 saturated heterocycles. The molecule has 4 aromatic rings. The number of benzene rings is 4. The number of rotatable bonds is 13. The molecule has 7 nitrogen and oxygen atoms in total. The van der Waals surface area contributed by atoms with E-state index >= 15 is 0 Å². The second-order valence-corrected chi connectivity index (χ2v) is 12.4. The van der Waals surface area contributed by atoms with Crippen molar-refractivity contribution in [2.75, 3.05) is 20.2 Å². The molecular formula is C40H44N2O5. The molecule has 5 rings (SSSR count). The molecule has 0 spiro atoms. The first-order valence-corrected chi connectivity index (χ1v) is 16.4. The number of esters is 1. The lowest BCUT2D eigenvalue weighted by Crippen LogP contribution is -2.44. The lowest BCUT2D eigenvalue weighted by atomic mass is 9.92. The Hall–Kier alpha value is -4.91. The fraction of sp³-hybridized carbons (Fsp3) is 0.325. The molecule has 0 unspecified atom stereocenters. The summed E-state index contributed by atoms with van der Waals surface area (Å²) < 4.78 is 10.8. The summed E-state index contributed by atoms with van der Waals surface area (Å²) in [4.78, 5) is 40.4. The first kappa shape index (κ1) is 33.5. The Labute approximate surface area is 277 Å². The van der Waals surface area contributed by atoms with Gasteiger partial charge in [-0.15, -0.1) is 0 Å². The van der Waals surface area contributed by atoms with Crippen LogP contribution in [0.2, 0.25) is 0 Å². The van der Waals surface area contributed by atoms with Gasteiger partial charge in [-0.1, -0.05) is 96.6 Å². The number of aryl methyl sites for hydroxylation is 2. The van der Waals surface area contributed by atoms with Crippen LogP contribution in [-0.2, 0) is 38.6 Å². The Morgan fingerprint density at radius 1 is 0.787 bits per heavy atom. The third-order valence-electron chi connectivity index (χ3n) is 8.84. The largest absolute Gasteiger partial charge is 0.489 e. The molecule has 0 saturated carbocycles. The molecule has 1 aliphatic rings. The molecule has 244 valence electrons. The highest BCUT2D eigenvalue weighted by Gasteiger charge is 2.27. The van der Waals surface area contributed by atoms with Crippen LogP contribution in [0.15, 0.2) is 103 Å². The third-order valence-corrected chi connectivity index (χ3v) is 8.84. The van der Waals surface area contributed by atoms with Gasteiger partial charge < -0.3 is 19.7 Å². The van der Waals surface area contributed by atoms with Crippen LogP contribution < -0.4 is 10.1 Å². The van der Waals surface area contributed by atoms with Crippen molar-refractivity contribution in [3.05, 3.63) is 125 Å². The molecule has 4 aromatic carbocycles. The zero-order chi connectivity index (χ0) is 33.0. The minimum atomic E-state index is -0.781. The number of hydrogen-bond acceptors (Lipinski definition) is 5. The zero-order valence-corrected chi connectivity index (χ0v) is 27.3. The van der Waals surface area contributed by atoms with Crippen molar-refractivity contribution in [2.24, 2.45) is 5.92 Å². The van der Waals surface area contributed by atoms with Gasteiger partial charge in [0.05, 0.1) is 7.11 Å². The van der Waals surface area contributed by atoms with Crippen LogP contribution in [0.4, 0.5) is 0 Å². The van der Waals surface area contributed by atoms with Crippen molar-refractivity contribution < 1.29 is 23.9 Å². The molecule has 0 bridgehead atoms. The summed E-state index contributed by atoms with van der Waals surface area (Å²) in [5.74, 6) is 0.383. The van der Waals surface area contributed by atoms with Crippen LogP contribution in [0.1, 0.15) is 47.9 Å². The highest BCUT2D eigenvalue weighted by atomic mass is 16.5. The molecular weight excluding hydrogens is 588 g/mol. The predicted octanol–water partition coefficient (Wildman–Crippen LogP) is 6.70. The summed E-state index contributed by atoms with van der Waals surface area (Å²) in [6.45, 7) is 3.83. The van der Waals surface area contributed by atoms with Gasteiger partial charge in [-0.3, -0.25) is 9.59 Å². The summed E-state index contributed by atoms with van der Waals surface area (Å²) >= 11 is 0. The van der Waals surface area contributed by atoms with Gasteiger partial charge in [0.15, 0.2) is 0 Å². The number of carbonyl (C=O) groups is 3. The van der Waals surface area contributed by atoms with Gasteiger partial charge in [0.1, 0.15) is 18.4 Å². The molecule has 0 aromatic heterocycles. The van der Waals surface area contributed by atoms with Gasteiger partial charge in [-0.05, 0) is 72.1 Å². The highest BCUT2D eigenvalue weighted by molar-refractivity contribution is 5.85. The summed E-state index contributed by atoms with van der Waals surface area (Å²) in [7, 11) is 1.33. The minimum Gasteiger partial charge on any atom is -0.489 e. The second kappa shape index (κ2) is 16.6. The fourth-order valence-corrected chi connectivity index (χ4v) is 5.96. The predicted molar refractivity (Wildman–Crippen MR) is 184 cm³/mol. The van der Waals surface area contributed by atoms with Gasteiger partial charge in [0.2, 0.25) is 11.8 Å². The number of nitrogens with zero attached hydrogens (tertiary/aromatic N) is 1.